The molecule has 0 fully saturated rings. The Morgan fingerprint density at radius 2 is 1.84 bits per heavy atom. The van der Waals surface area contributed by atoms with Crippen LogP contribution in [0.25, 0.3) is 10.9 Å². The zero-order valence-corrected chi connectivity index (χ0v) is 18.3. The van der Waals surface area contributed by atoms with E-state index in [0.29, 0.717) is 12.3 Å². The highest BCUT2D eigenvalue weighted by atomic mass is 16.5. The molecule has 0 aliphatic carbocycles. The fraction of sp³-hybridized carbons (Fsp3) is 0.222. The maximum atomic E-state index is 13.4. The summed E-state index contributed by atoms with van der Waals surface area (Å²) < 4.78 is 11.2. The second-order valence-electron chi connectivity index (χ2n) is 8.13. The number of nitrogens with one attached hydrogen (secondary N) is 1. The number of aryl methyl sites for hydroxylation is 1. The van der Waals surface area contributed by atoms with E-state index in [1.807, 2.05) is 54.3 Å². The van der Waals surface area contributed by atoms with E-state index in [2.05, 4.69) is 35.3 Å². The van der Waals surface area contributed by atoms with Crippen LogP contribution >= 0.6 is 0 Å². The van der Waals surface area contributed by atoms with Crippen LogP contribution in [0.1, 0.15) is 28.4 Å². The van der Waals surface area contributed by atoms with Crippen LogP contribution in [0.5, 0.6) is 11.5 Å². The van der Waals surface area contributed by atoms with Crippen molar-refractivity contribution >= 4 is 16.8 Å². The molecule has 0 saturated carbocycles. The molecular formula is C27H26N2O3. The molecule has 1 unspecified atom stereocenters. The first-order valence-electron chi connectivity index (χ1n) is 10.9. The first-order valence-corrected chi connectivity index (χ1v) is 10.9. The minimum atomic E-state index is -0.206. The fourth-order valence-electron chi connectivity index (χ4n) is 4.67. The molecule has 1 amide bonds. The van der Waals surface area contributed by atoms with Crippen LogP contribution in [0.4, 0.5) is 0 Å². The third-order valence-corrected chi connectivity index (χ3v) is 6.19. The smallest absolute Gasteiger partial charge is 0.261 e. The van der Waals surface area contributed by atoms with E-state index >= 15 is 0 Å². The average Bonchev–Trinajstić information content (AvgIpc) is 3.21. The third kappa shape index (κ3) is 3.60. The van der Waals surface area contributed by atoms with Crippen molar-refractivity contribution in [3.8, 4) is 11.5 Å². The molecule has 1 N–H and O–H groups in total. The van der Waals surface area contributed by atoms with Gasteiger partial charge < -0.3 is 19.4 Å². The summed E-state index contributed by atoms with van der Waals surface area (Å²) in [6.07, 6.45) is 0.808. The van der Waals surface area contributed by atoms with Gasteiger partial charge in [0.15, 0.2) is 6.61 Å². The van der Waals surface area contributed by atoms with Crippen molar-refractivity contribution in [1.82, 2.24) is 9.88 Å². The van der Waals surface area contributed by atoms with E-state index < -0.39 is 0 Å². The number of benzene rings is 3. The lowest BCUT2D eigenvalue weighted by Gasteiger charge is -2.36. The Labute approximate surface area is 187 Å². The van der Waals surface area contributed by atoms with Crippen LogP contribution in [0.3, 0.4) is 0 Å². The summed E-state index contributed by atoms with van der Waals surface area (Å²) >= 11 is 0. The van der Waals surface area contributed by atoms with Gasteiger partial charge in [-0.2, -0.15) is 0 Å². The van der Waals surface area contributed by atoms with Crippen molar-refractivity contribution < 1.29 is 14.3 Å². The van der Waals surface area contributed by atoms with Crippen LogP contribution < -0.4 is 9.47 Å². The zero-order chi connectivity index (χ0) is 22.1. The van der Waals surface area contributed by atoms with Gasteiger partial charge in [-0.25, -0.2) is 0 Å². The summed E-state index contributed by atoms with van der Waals surface area (Å²) in [6, 6.07) is 23.7. The van der Waals surface area contributed by atoms with Gasteiger partial charge in [-0.1, -0.05) is 42.5 Å². The Kier molecular flexibility index (Phi) is 5.31. The molecule has 1 aliphatic rings. The molecule has 1 aliphatic heterocycles. The number of carbonyl (C=O) groups excluding carboxylic acids is 1. The van der Waals surface area contributed by atoms with Crippen molar-refractivity contribution in [1.29, 1.82) is 0 Å². The minimum absolute atomic E-state index is 0.00517. The molecule has 162 valence electrons. The predicted molar refractivity (Wildman–Crippen MR) is 125 cm³/mol. The average molecular weight is 427 g/mol. The van der Waals surface area contributed by atoms with Gasteiger partial charge in [0.25, 0.3) is 5.91 Å². The van der Waals surface area contributed by atoms with E-state index in [-0.39, 0.29) is 18.6 Å². The lowest BCUT2D eigenvalue weighted by molar-refractivity contribution is -0.135. The molecule has 0 bridgehead atoms. The van der Waals surface area contributed by atoms with Gasteiger partial charge in [0, 0.05) is 23.1 Å². The van der Waals surface area contributed by atoms with Crippen molar-refractivity contribution in [3.05, 3.63) is 95.2 Å². The molecule has 5 heteroatoms. The third-order valence-electron chi connectivity index (χ3n) is 6.19. The molecule has 1 aromatic heterocycles. The quantitative estimate of drug-likeness (QED) is 0.487. The van der Waals surface area contributed by atoms with Crippen LogP contribution in [-0.2, 0) is 11.2 Å². The van der Waals surface area contributed by atoms with E-state index in [4.69, 9.17) is 9.47 Å². The van der Waals surface area contributed by atoms with Crippen molar-refractivity contribution in [2.24, 2.45) is 0 Å². The number of hydrogen-bond acceptors (Lipinski definition) is 3. The van der Waals surface area contributed by atoms with E-state index in [1.54, 1.807) is 7.11 Å². The summed E-state index contributed by atoms with van der Waals surface area (Å²) in [5, 5.41) is 1.23. The highest BCUT2D eigenvalue weighted by Gasteiger charge is 2.34. The Hall–Kier alpha value is -3.73. The van der Waals surface area contributed by atoms with Gasteiger partial charge in [0.2, 0.25) is 0 Å². The Balaban J connectivity index is 1.53. The van der Waals surface area contributed by atoms with Gasteiger partial charge in [0.05, 0.1) is 13.2 Å². The van der Waals surface area contributed by atoms with Crippen LogP contribution in [-0.4, -0.2) is 36.1 Å². The van der Waals surface area contributed by atoms with Crippen LogP contribution in [0, 0.1) is 6.92 Å². The monoisotopic (exact) mass is 426 g/mol. The Bertz CT molecular complexity index is 1260. The SMILES string of the molecule is COc1ccc(C2c3[nH]c4ccccc4c3CCN2C(=O)COc2ccccc2)cc1C. The first kappa shape index (κ1) is 20.2. The first-order chi connectivity index (χ1) is 15.7. The van der Waals surface area contributed by atoms with Gasteiger partial charge in [-0.3, -0.25) is 4.79 Å². The normalized spacial score (nSPS) is 15.4. The fourth-order valence-corrected chi connectivity index (χ4v) is 4.67. The number of carbonyl (C=O) groups is 1. The number of rotatable bonds is 5. The molecular weight excluding hydrogens is 400 g/mol. The standard InChI is InChI=1S/C27H26N2O3/c1-18-16-19(12-13-24(18)31-2)27-26-22(21-10-6-7-11-23(21)28-26)14-15-29(27)25(30)17-32-20-8-4-3-5-9-20/h3-13,16,27-28H,14-15,17H2,1-2H3. The predicted octanol–water partition coefficient (Wildman–Crippen LogP) is 5.04. The lowest BCUT2D eigenvalue weighted by atomic mass is 9.91. The lowest BCUT2D eigenvalue weighted by Crippen LogP contribution is -2.43. The summed E-state index contributed by atoms with van der Waals surface area (Å²) in [5.41, 5.74) is 5.56. The number of ether oxygens (including phenoxy) is 2. The van der Waals surface area contributed by atoms with Gasteiger partial charge >= 0.3 is 0 Å². The Morgan fingerprint density at radius 1 is 1.06 bits per heavy atom. The molecule has 0 spiro atoms. The summed E-state index contributed by atoms with van der Waals surface area (Å²) in [7, 11) is 1.68. The van der Waals surface area contributed by atoms with Crippen molar-refractivity contribution in [2.75, 3.05) is 20.3 Å². The molecule has 1 atom stereocenters. The van der Waals surface area contributed by atoms with E-state index in [0.717, 1.165) is 34.5 Å². The highest BCUT2D eigenvalue weighted by Crippen LogP contribution is 2.39. The number of para-hydroxylation sites is 2. The maximum absolute atomic E-state index is 13.4. The molecule has 4 aromatic rings. The number of nitrogens with zero attached hydrogens (tertiary/aromatic N) is 1. The number of aromatic amines is 1. The number of hydrogen-bond donors (Lipinski definition) is 1. The summed E-state index contributed by atoms with van der Waals surface area (Å²) in [4.78, 5) is 18.9. The molecule has 3 aromatic carbocycles. The number of methoxy groups -OCH3 is 1. The zero-order valence-electron chi connectivity index (χ0n) is 18.3. The van der Waals surface area contributed by atoms with Gasteiger partial charge in [-0.15, -0.1) is 0 Å². The summed E-state index contributed by atoms with van der Waals surface area (Å²) in [5.74, 6) is 1.50. The number of aromatic nitrogens is 1. The number of amides is 1. The molecule has 5 nitrogen and oxygen atoms in total. The van der Waals surface area contributed by atoms with Gasteiger partial charge in [0.1, 0.15) is 11.5 Å². The topological polar surface area (TPSA) is 54.6 Å². The number of fused-ring (bicyclic) bond motifs is 3. The van der Waals surface area contributed by atoms with Gasteiger partial charge in [-0.05, 0) is 60.4 Å². The van der Waals surface area contributed by atoms with Crippen LogP contribution in [0.2, 0.25) is 0 Å². The maximum Gasteiger partial charge on any atom is 0.261 e. The second kappa shape index (κ2) is 8.42. The van der Waals surface area contributed by atoms with E-state index in [1.165, 1.54) is 10.9 Å². The van der Waals surface area contributed by atoms with E-state index in [9.17, 15) is 4.79 Å². The second-order valence-corrected chi connectivity index (χ2v) is 8.13. The minimum Gasteiger partial charge on any atom is -0.496 e. The molecule has 32 heavy (non-hydrogen) atoms. The molecule has 0 radical (unpaired) electrons. The van der Waals surface area contributed by atoms with Crippen molar-refractivity contribution in [3.63, 3.8) is 0 Å². The number of H-pyrrole nitrogens is 1. The largest absolute Gasteiger partial charge is 0.496 e. The molecule has 5 rings (SSSR count). The molecule has 0 saturated heterocycles. The summed E-state index contributed by atoms with van der Waals surface area (Å²) in [6.45, 7) is 2.68. The highest BCUT2D eigenvalue weighted by molar-refractivity contribution is 5.87. The van der Waals surface area contributed by atoms with Crippen molar-refractivity contribution in [2.45, 2.75) is 19.4 Å². The molecule has 2 heterocycles. The Morgan fingerprint density at radius 3 is 2.62 bits per heavy atom. The van der Waals surface area contributed by atoms with Crippen LogP contribution in [0.15, 0.2) is 72.8 Å².